The molecule has 0 spiro atoms. The van der Waals surface area contributed by atoms with E-state index in [-0.39, 0.29) is 12.5 Å². The van der Waals surface area contributed by atoms with Crippen LogP contribution in [0.15, 0.2) is 63.8 Å². The highest BCUT2D eigenvalue weighted by atomic mass is 16.4. The lowest BCUT2D eigenvalue weighted by Gasteiger charge is -2.20. The van der Waals surface area contributed by atoms with Crippen molar-refractivity contribution in [3.63, 3.8) is 0 Å². The third-order valence-electron chi connectivity index (χ3n) is 3.53. The summed E-state index contributed by atoms with van der Waals surface area (Å²) in [5.41, 5.74) is 0.205. The van der Waals surface area contributed by atoms with E-state index >= 15 is 0 Å². The second-order valence-corrected chi connectivity index (χ2v) is 5.53. The number of nitrogens with one attached hydrogen (secondary N) is 1. The Labute approximate surface area is 133 Å². The van der Waals surface area contributed by atoms with Gasteiger partial charge in [0.25, 0.3) is 0 Å². The van der Waals surface area contributed by atoms with E-state index in [0.717, 1.165) is 10.9 Å². The molecule has 1 amide bonds. The van der Waals surface area contributed by atoms with Crippen LogP contribution in [-0.4, -0.2) is 17.6 Å². The van der Waals surface area contributed by atoms with Gasteiger partial charge in [-0.2, -0.15) is 0 Å². The fourth-order valence-electron chi connectivity index (χ4n) is 2.19. The number of carbonyl (C=O) groups excluding carboxylic acids is 1. The molecule has 0 unspecified atom stereocenters. The predicted molar refractivity (Wildman–Crippen MR) is 86.5 cm³/mol. The van der Waals surface area contributed by atoms with Gasteiger partial charge in [-0.15, -0.1) is 0 Å². The molecule has 5 nitrogen and oxygen atoms in total. The number of furan rings is 2. The topological polar surface area (TPSA) is 75.6 Å². The van der Waals surface area contributed by atoms with Crippen molar-refractivity contribution >= 4 is 23.0 Å². The summed E-state index contributed by atoms with van der Waals surface area (Å²) in [7, 11) is 0. The molecular weight excluding hydrogens is 294 g/mol. The number of carbonyl (C=O) groups is 1. The largest absolute Gasteiger partial charge is 0.472 e. The van der Waals surface area contributed by atoms with E-state index in [2.05, 4.69) is 5.32 Å². The zero-order chi connectivity index (χ0) is 16.3. The quantitative estimate of drug-likeness (QED) is 0.710. The summed E-state index contributed by atoms with van der Waals surface area (Å²) in [5, 5.41) is 14.1. The molecule has 5 heteroatoms. The molecule has 0 fully saturated rings. The van der Waals surface area contributed by atoms with E-state index < -0.39 is 5.60 Å². The van der Waals surface area contributed by atoms with Gasteiger partial charge in [0.2, 0.25) is 5.91 Å². The summed E-state index contributed by atoms with van der Waals surface area (Å²) in [4.78, 5) is 11.8. The Morgan fingerprint density at radius 3 is 2.91 bits per heavy atom. The number of aliphatic hydroxyl groups is 1. The van der Waals surface area contributed by atoms with Crippen LogP contribution < -0.4 is 5.32 Å². The minimum absolute atomic E-state index is 0.0430. The second-order valence-electron chi connectivity index (χ2n) is 5.53. The molecule has 0 radical (unpaired) electrons. The summed E-state index contributed by atoms with van der Waals surface area (Å²) in [6, 6.07) is 11.0. The molecule has 3 rings (SSSR count). The number of fused-ring (bicyclic) bond motifs is 1. The number of para-hydroxylation sites is 1. The fraction of sp³-hybridized carbons (Fsp3) is 0.167. The number of rotatable bonds is 5. The molecular formula is C18H17NO4. The van der Waals surface area contributed by atoms with Crippen molar-refractivity contribution < 1.29 is 18.7 Å². The Bertz CT molecular complexity index is 795. The van der Waals surface area contributed by atoms with Crippen LogP contribution in [0.3, 0.4) is 0 Å². The first-order valence-corrected chi connectivity index (χ1v) is 7.24. The average Bonchev–Trinajstić information content (AvgIpc) is 3.20. The molecule has 0 saturated heterocycles. The monoisotopic (exact) mass is 311 g/mol. The van der Waals surface area contributed by atoms with Crippen molar-refractivity contribution in [2.24, 2.45) is 0 Å². The number of hydrogen-bond donors (Lipinski definition) is 2. The predicted octanol–water partition coefficient (Wildman–Crippen LogP) is 3.06. The van der Waals surface area contributed by atoms with Crippen molar-refractivity contribution in [2.45, 2.75) is 12.5 Å². The lowest BCUT2D eigenvalue weighted by molar-refractivity contribution is -0.117. The van der Waals surface area contributed by atoms with Gasteiger partial charge in [0.1, 0.15) is 16.9 Å². The molecule has 2 heterocycles. The molecule has 0 saturated carbocycles. The molecule has 0 bridgehead atoms. The summed E-state index contributed by atoms with van der Waals surface area (Å²) < 4.78 is 10.6. The van der Waals surface area contributed by atoms with Crippen LogP contribution in [0, 0.1) is 0 Å². The highest BCUT2D eigenvalue weighted by molar-refractivity contribution is 5.91. The van der Waals surface area contributed by atoms with E-state index in [1.165, 1.54) is 18.6 Å². The van der Waals surface area contributed by atoms with Crippen molar-refractivity contribution in [1.82, 2.24) is 5.32 Å². The minimum atomic E-state index is -1.29. The first kappa shape index (κ1) is 15.1. The highest BCUT2D eigenvalue weighted by Crippen LogP contribution is 2.27. The first-order valence-electron chi connectivity index (χ1n) is 7.24. The molecule has 1 atom stereocenters. The van der Waals surface area contributed by atoms with E-state index in [0.29, 0.717) is 11.3 Å². The van der Waals surface area contributed by atoms with E-state index in [4.69, 9.17) is 8.83 Å². The molecule has 1 aromatic carbocycles. The van der Waals surface area contributed by atoms with Crippen molar-refractivity contribution in [1.29, 1.82) is 0 Å². The van der Waals surface area contributed by atoms with Gasteiger partial charge in [-0.05, 0) is 31.2 Å². The molecule has 0 aliphatic heterocycles. The molecule has 118 valence electrons. The number of hydrogen-bond acceptors (Lipinski definition) is 4. The zero-order valence-corrected chi connectivity index (χ0v) is 12.7. The SMILES string of the molecule is C[C@@](O)(CNC(=O)/C=C/c1ccoc1)c1cc2ccccc2o1. The lowest BCUT2D eigenvalue weighted by Crippen LogP contribution is -2.37. The molecule has 0 aliphatic carbocycles. The Balaban J connectivity index is 1.65. The molecule has 23 heavy (non-hydrogen) atoms. The van der Waals surface area contributed by atoms with Crippen molar-refractivity contribution in [3.8, 4) is 0 Å². The first-order chi connectivity index (χ1) is 11.0. The zero-order valence-electron chi connectivity index (χ0n) is 12.7. The van der Waals surface area contributed by atoms with Crippen LogP contribution in [0.25, 0.3) is 17.0 Å². The maximum Gasteiger partial charge on any atom is 0.244 e. The Morgan fingerprint density at radius 1 is 1.35 bits per heavy atom. The van der Waals surface area contributed by atoms with Gasteiger partial charge in [0, 0.05) is 17.0 Å². The Kier molecular flexibility index (Phi) is 4.04. The average molecular weight is 311 g/mol. The van der Waals surface area contributed by atoms with Crippen LogP contribution in [0.5, 0.6) is 0 Å². The van der Waals surface area contributed by atoms with Crippen LogP contribution in [-0.2, 0) is 10.4 Å². The molecule has 0 aliphatic rings. The second kappa shape index (κ2) is 6.14. The standard InChI is InChI=1S/C18H17NO4/c1-18(21,16-10-14-4-2-3-5-15(14)23-16)12-19-17(20)7-6-13-8-9-22-11-13/h2-11,21H,12H2,1H3,(H,19,20)/b7-6+/t18-/m1/s1. The number of amides is 1. The summed E-state index contributed by atoms with van der Waals surface area (Å²) >= 11 is 0. The van der Waals surface area contributed by atoms with Gasteiger partial charge in [-0.1, -0.05) is 18.2 Å². The number of benzene rings is 1. The summed E-state index contributed by atoms with van der Waals surface area (Å²) in [6.45, 7) is 1.65. The Morgan fingerprint density at radius 2 is 2.17 bits per heavy atom. The van der Waals surface area contributed by atoms with Gasteiger partial charge in [-0.25, -0.2) is 0 Å². The summed E-state index contributed by atoms with van der Waals surface area (Å²) in [6.07, 6.45) is 6.09. The van der Waals surface area contributed by atoms with Gasteiger partial charge >= 0.3 is 0 Å². The fourth-order valence-corrected chi connectivity index (χ4v) is 2.19. The van der Waals surface area contributed by atoms with Crippen LogP contribution in [0.2, 0.25) is 0 Å². The molecule has 2 N–H and O–H groups in total. The molecule has 2 aromatic heterocycles. The van der Waals surface area contributed by atoms with Crippen molar-refractivity contribution in [3.05, 3.63) is 66.3 Å². The van der Waals surface area contributed by atoms with Crippen LogP contribution >= 0.6 is 0 Å². The van der Waals surface area contributed by atoms with Gasteiger partial charge < -0.3 is 19.3 Å². The van der Waals surface area contributed by atoms with Crippen LogP contribution in [0.1, 0.15) is 18.2 Å². The maximum atomic E-state index is 11.8. The van der Waals surface area contributed by atoms with Gasteiger partial charge in [-0.3, -0.25) is 4.79 Å². The third-order valence-corrected chi connectivity index (χ3v) is 3.53. The lowest BCUT2D eigenvalue weighted by atomic mass is 10.0. The summed E-state index contributed by atoms with van der Waals surface area (Å²) in [5.74, 6) is 0.111. The Hall–Kier alpha value is -2.79. The van der Waals surface area contributed by atoms with Gasteiger partial charge in [0.15, 0.2) is 0 Å². The maximum absolute atomic E-state index is 11.8. The van der Waals surface area contributed by atoms with E-state index in [1.54, 1.807) is 25.1 Å². The van der Waals surface area contributed by atoms with Gasteiger partial charge in [0.05, 0.1) is 19.1 Å². The smallest absolute Gasteiger partial charge is 0.244 e. The normalized spacial score (nSPS) is 14.2. The third kappa shape index (κ3) is 3.52. The van der Waals surface area contributed by atoms with E-state index in [9.17, 15) is 9.90 Å². The van der Waals surface area contributed by atoms with Crippen LogP contribution in [0.4, 0.5) is 0 Å². The molecule has 3 aromatic rings. The van der Waals surface area contributed by atoms with E-state index in [1.807, 2.05) is 24.3 Å². The van der Waals surface area contributed by atoms with Crippen molar-refractivity contribution in [2.75, 3.05) is 6.54 Å². The minimum Gasteiger partial charge on any atom is -0.472 e. The highest BCUT2D eigenvalue weighted by Gasteiger charge is 2.27.